The zero-order valence-corrected chi connectivity index (χ0v) is 23.1. The molecule has 2 aromatic carbocycles. The number of benzene rings is 2. The molecule has 2 fully saturated rings. The first-order chi connectivity index (χ1) is 18.3. The third-order valence-corrected chi connectivity index (χ3v) is 10.1. The van der Waals surface area contributed by atoms with Crippen molar-refractivity contribution in [3.63, 3.8) is 0 Å². The number of carbonyl (C=O) groups excluding carboxylic acids is 1. The van der Waals surface area contributed by atoms with Crippen molar-refractivity contribution >= 4 is 27.7 Å². The van der Waals surface area contributed by atoms with Gasteiger partial charge in [-0.05, 0) is 44.0 Å². The maximum absolute atomic E-state index is 14.6. The standard InChI is InChI=1S/C27H32FN5O3S2/c1-20-11-13-22(14-12-20)38(35,36)32-17-15-31(16-18-32)25(34)19-37-27-30-29-26(23-9-5-6-10-24(23)28)33(27)21-7-3-2-4-8-21/h5-6,9-14,21H,2-4,7-8,15-19H2,1H3. The van der Waals surface area contributed by atoms with Crippen LogP contribution in [0.15, 0.2) is 58.6 Å². The van der Waals surface area contributed by atoms with Crippen molar-refractivity contribution in [1.29, 1.82) is 0 Å². The van der Waals surface area contributed by atoms with E-state index in [2.05, 4.69) is 10.2 Å². The van der Waals surface area contributed by atoms with Crippen LogP contribution in [0.2, 0.25) is 0 Å². The minimum atomic E-state index is -3.59. The Bertz CT molecular complexity index is 1380. The predicted octanol–water partition coefficient (Wildman–Crippen LogP) is 4.52. The lowest BCUT2D eigenvalue weighted by atomic mass is 9.95. The molecule has 11 heteroatoms. The molecule has 38 heavy (non-hydrogen) atoms. The summed E-state index contributed by atoms with van der Waals surface area (Å²) in [6, 6.07) is 13.6. The SMILES string of the molecule is Cc1ccc(S(=O)(=O)N2CCN(C(=O)CSc3nnc(-c4ccccc4F)n3C3CCCCC3)CC2)cc1. The lowest BCUT2D eigenvalue weighted by Gasteiger charge is -2.34. The van der Waals surface area contributed by atoms with Gasteiger partial charge in [0.25, 0.3) is 0 Å². The summed E-state index contributed by atoms with van der Waals surface area (Å²) < 4.78 is 44.1. The number of carbonyl (C=O) groups is 1. The van der Waals surface area contributed by atoms with Crippen LogP contribution in [0.3, 0.4) is 0 Å². The number of sulfonamides is 1. The molecule has 2 heterocycles. The van der Waals surface area contributed by atoms with E-state index < -0.39 is 10.0 Å². The number of amides is 1. The zero-order valence-electron chi connectivity index (χ0n) is 21.4. The molecule has 3 aromatic rings. The quantitative estimate of drug-likeness (QED) is 0.397. The van der Waals surface area contributed by atoms with Gasteiger partial charge in [-0.3, -0.25) is 9.36 Å². The minimum absolute atomic E-state index is 0.0759. The second kappa shape index (κ2) is 11.5. The van der Waals surface area contributed by atoms with E-state index in [1.54, 1.807) is 47.4 Å². The highest BCUT2D eigenvalue weighted by atomic mass is 32.2. The summed E-state index contributed by atoms with van der Waals surface area (Å²) in [7, 11) is -3.59. The van der Waals surface area contributed by atoms with Gasteiger partial charge in [-0.15, -0.1) is 10.2 Å². The predicted molar refractivity (Wildman–Crippen MR) is 145 cm³/mol. The lowest BCUT2D eigenvalue weighted by molar-refractivity contribution is -0.129. The fraction of sp³-hybridized carbons (Fsp3) is 0.444. The van der Waals surface area contributed by atoms with Crippen LogP contribution in [-0.4, -0.2) is 70.2 Å². The summed E-state index contributed by atoms with van der Waals surface area (Å²) in [6.07, 6.45) is 5.31. The molecule has 1 aliphatic heterocycles. The summed E-state index contributed by atoms with van der Waals surface area (Å²) >= 11 is 1.31. The summed E-state index contributed by atoms with van der Waals surface area (Å²) in [5.41, 5.74) is 1.41. The van der Waals surface area contributed by atoms with Crippen molar-refractivity contribution in [3.05, 3.63) is 59.9 Å². The number of hydrogen-bond acceptors (Lipinski definition) is 6. The van der Waals surface area contributed by atoms with E-state index >= 15 is 0 Å². The van der Waals surface area contributed by atoms with E-state index in [0.717, 1.165) is 31.2 Å². The molecule has 1 amide bonds. The Morgan fingerprint density at radius 2 is 1.66 bits per heavy atom. The summed E-state index contributed by atoms with van der Waals surface area (Å²) in [5.74, 6) is 0.239. The van der Waals surface area contributed by atoms with E-state index in [9.17, 15) is 17.6 Å². The fourth-order valence-corrected chi connectivity index (χ4v) is 7.46. The first-order valence-electron chi connectivity index (χ1n) is 13.0. The molecule has 2 aliphatic rings. The smallest absolute Gasteiger partial charge is 0.243 e. The Morgan fingerprint density at radius 1 is 0.974 bits per heavy atom. The summed E-state index contributed by atoms with van der Waals surface area (Å²) in [6.45, 7) is 3.09. The Balaban J connectivity index is 1.25. The van der Waals surface area contributed by atoms with Crippen LogP contribution in [0.5, 0.6) is 0 Å². The van der Waals surface area contributed by atoms with Gasteiger partial charge in [-0.25, -0.2) is 12.8 Å². The van der Waals surface area contributed by atoms with E-state index in [0.29, 0.717) is 29.6 Å². The number of thioether (sulfide) groups is 1. The molecular weight excluding hydrogens is 525 g/mol. The molecular formula is C27H32FN5O3S2. The third kappa shape index (κ3) is 5.64. The van der Waals surface area contributed by atoms with Gasteiger partial charge in [0.05, 0.1) is 16.2 Å². The van der Waals surface area contributed by atoms with Gasteiger partial charge in [0.2, 0.25) is 15.9 Å². The second-order valence-electron chi connectivity index (χ2n) is 9.83. The maximum Gasteiger partial charge on any atom is 0.243 e. The highest BCUT2D eigenvalue weighted by Gasteiger charge is 2.31. The third-order valence-electron chi connectivity index (χ3n) is 7.29. The van der Waals surface area contributed by atoms with Crippen LogP contribution in [0.25, 0.3) is 11.4 Å². The van der Waals surface area contributed by atoms with Crippen molar-refractivity contribution < 1.29 is 17.6 Å². The molecule has 0 N–H and O–H groups in total. The second-order valence-corrected chi connectivity index (χ2v) is 12.7. The molecule has 202 valence electrons. The summed E-state index contributed by atoms with van der Waals surface area (Å²) in [5, 5.41) is 9.31. The number of piperazine rings is 1. The van der Waals surface area contributed by atoms with Gasteiger partial charge in [-0.1, -0.05) is 60.9 Å². The molecule has 0 atom stereocenters. The number of aryl methyl sites for hydroxylation is 1. The number of nitrogens with zero attached hydrogens (tertiary/aromatic N) is 5. The van der Waals surface area contributed by atoms with Crippen molar-refractivity contribution in [1.82, 2.24) is 24.0 Å². The van der Waals surface area contributed by atoms with Crippen LogP contribution in [0.4, 0.5) is 4.39 Å². The number of aromatic nitrogens is 3. The lowest BCUT2D eigenvalue weighted by Crippen LogP contribution is -2.51. The molecule has 8 nitrogen and oxygen atoms in total. The van der Waals surface area contributed by atoms with Gasteiger partial charge in [-0.2, -0.15) is 4.31 Å². The van der Waals surface area contributed by atoms with Crippen LogP contribution in [0, 0.1) is 12.7 Å². The average Bonchev–Trinajstić information content (AvgIpc) is 3.36. The number of hydrogen-bond donors (Lipinski definition) is 0. The number of rotatable bonds is 7. The minimum Gasteiger partial charge on any atom is -0.339 e. The van der Waals surface area contributed by atoms with Crippen molar-refractivity contribution in [2.75, 3.05) is 31.9 Å². The molecule has 1 aromatic heterocycles. The zero-order chi connectivity index (χ0) is 26.7. The van der Waals surface area contributed by atoms with Crippen LogP contribution < -0.4 is 0 Å². The van der Waals surface area contributed by atoms with Gasteiger partial charge in [0.1, 0.15) is 5.82 Å². The van der Waals surface area contributed by atoms with Crippen LogP contribution in [0.1, 0.15) is 43.7 Å². The number of halogens is 1. The van der Waals surface area contributed by atoms with Gasteiger partial charge >= 0.3 is 0 Å². The topological polar surface area (TPSA) is 88.4 Å². The Morgan fingerprint density at radius 3 is 2.34 bits per heavy atom. The first-order valence-corrected chi connectivity index (χ1v) is 15.4. The first kappa shape index (κ1) is 26.8. The normalized spacial score (nSPS) is 17.6. The monoisotopic (exact) mass is 557 g/mol. The maximum atomic E-state index is 14.6. The molecule has 5 rings (SSSR count). The largest absolute Gasteiger partial charge is 0.339 e. The van der Waals surface area contributed by atoms with E-state index in [1.165, 1.54) is 28.6 Å². The Kier molecular flexibility index (Phi) is 8.15. The van der Waals surface area contributed by atoms with Gasteiger partial charge in [0.15, 0.2) is 11.0 Å². The van der Waals surface area contributed by atoms with E-state index in [4.69, 9.17) is 0 Å². The van der Waals surface area contributed by atoms with E-state index in [-0.39, 0.29) is 41.5 Å². The fourth-order valence-electron chi connectivity index (χ4n) is 5.12. The Hall–Kier alpha value is -2.76. The average molecular weight is 558 g/mol. The molecule has 0 spiro atoms. The molecule has 1 aliphatic carbocycles. The Labute approximate surface area is 227 Å². The highest BCUT2D eigenvalue weighted by molar-refractivity contribution is 7.99. The van der Waals surface area contributed by atoms with Crippen molar-refractivity contribution in [2.24, 2.45) is 0 Å². The molecule has 0 radical (unpaired) electrons. The highest BCUT2D eigenvalue weighted by Crippen LogP contribution is 2.36. The van der Waals surface area contributed by atoms with Crippen molar-refractivity contribution in [3.8, 4) is 11.4 Å². The summed E-state index contributed by atoms with van der Waals surface area (Å²) in [4.78, 5) is 15.0. The van der Waals surface area contributed by atoms with Crippen molar-refractivity contribution in [2.45, 2.75) is 55.1 Å². The van der Waals surface area contributed by atoms with Crippen LogP contribution >= 0.6 is 11.8 Å². The van der Waals surface area contributed by atoms with Gasteiger partial charge < -0.3 is 4.90 Å². The molecule has 1 saturated heterocycles. The van der Waals surface area contributed by atoms with E-state index in [1.807, 2.05) is 11.5 Å². The molecule has 0 unspecified atom stereocenters. The molecule has 1 saturated carbocycles. The molecule has 0 bridgehead atoms. The van der Waals surface area contributed by atoms with Gasteiger partial charge in [0, 0.05) is 32.2 Å². The van der Waals surface area contributed by atoms with Crippen LogP contribution in [-0.2, 0) is 14.8 Å².